The molecule has 0 saturated carbocycles. The molecule has 1 fully saturated rings. The fourth-order valence-corrected chi connectivity index (χ4v) is 4.05. The summed E-state index contributed by atoms with van der Waals surface area (Å²) in [5.74, 6) is 0. The van der Waals surface area contributed by atoms with Crippen molar-refractivity contribution in [3.05, 3.63) is 42.5 Å². The molecule has 1 aliphatic rings. The molecular formula is C13H16OSe. The Balaban J connectivity index is 1.94. The van der Waals surface area contributed by atoms with Crippen LogP contribution in [0.5, 0.6) is 0 Å². The van der Waals surface area contributed by atoms with E-state index in [1.165, 1.54) is 10.0 Å². The summed E-state index contributed by atoms with van der Waals surface area (Å²) in [6, 6.07) is 10.7. The molecular weight excluding hydrogens is 251 g/mol. The van der Waals surface area contributed by atoms with Crippen molar-refractivity contribution in [1.82, 2.24) is 0 Å². The van der Waals surface area contributed by atoms with E-state index in [2.05, 4.69) is 43.8 Å². The van der Waals surface area contributed by atoms with Crippen LogP contribution in [0.2, 0.25) is 4.82 Å². The normalized spacial score (nSPS) is 26.6. The molecule has 1 aliphatic heterocycles. The zero-order valence-corrected chi connectivity index (χ0v) is 10.7. The Hall–Kier alpha value is -0.561. The van der Waals surface area contributed by atoms with Crippen molar-refractivity contribution < 1.29 is 4.74 Å². The van der Waals surface area contributed by atoms with Gasteiger partial charge in [0.1, 0.15) is 0 Å². The Labute approximate surface area is 97.7 Å². The van der Waals surface area contributed by atoms with E-state index in [1.54, 1.807) is 0 Å². The van der Waals surface area contributed by atoms with Crippen molar-refractivity contribution in [2.24, 2.45) is 0 Å². The van der Waals surface area contributed by atoms with Crippen LogP contribution in [0.1, 0.15) is 13.3 Å². The number of hydrogen-bond donors (Lipinski definition) is 0. The van der Waals surface area contributed by atoms with Crippen LogP contribution in [0.4, 0.5) is 0 Å². The van der Waals surface area contributed by atoms with E-state index in [0.717, 1.165) is 13.0 Å². The maximum atomic E-state index is 5.69. The van der Waals surface area contributed by atoms with Gasteiger partial charge in [-0.3, -0.25) is 0 Å². The summed E-state index contributed by atoms with van der Waals surface area (Å²) >= 11 is 0.518. The molecule has 1 aromatic rings. The first-order chi connectivity index (χ1) is 7.25. The molecule has 0 aromatic heterocycles. The average molecular weight is 267 g/mol. The summed E-state index contributed by atoms with van der Waals surface area (Å²) in [5.41, 5.74) is 1.25. The van der Waals surface area contributed by atoms with Crippen molar-refractivity contribution >= 4 is 19.4 Å². The fraction of sp³-hybridized carbons (Fsp3) is 0.385. The summed E-state index contributed by atoms with van der Waals surface area (Å²) in [7, 11) is 0. The minimum atomic E-state index is 0.257. The van der Waals surface area contributed by atoms with Crippen LogP contribution >= 0.6 is 0 Å². The van der Waals surface area contributed by atoms with E-state index in [4.69, 9.17) is 4.74 Å². The number of ether oxygens (including phenoxy) is 1. The third-order valence-electron chi connectivity index (χ3n) is 2.64. The van der Waals surface area contributed by atoms with Crippen LogP contribution in [0.25, 0.3) is 0 Å². The second-order valence-corrected chi connectivity index (χ2v) is 6.77. The molecule has 80 valence electrons. The van der Waals surface area contributed by atoms with Crippen LogP contribution in [-0.4, -0.2) is 27.7 Å². The summed E-state index contributed by atoms with van der Waals surface area (Å²) in [5, 5.41) is 0. The maximum absolute atomic E-state index is 5.69. The Kier molecular flexibility index (Phi) is 3.63. The zero-order valence-electron chi connectivity index (χ0n) is 8.98. The Morgan fingerprint density at radius 1 is 1.33 bits per heavy atom. The van der Waals surface area contributed by atoms with E-state index in [1.807, 2.05) is 0 Å². The van der Waals surface area contributed by atoms with Gasteiger partial charge in [-0.15, -0.1) is 0 Å². The molecule has 1 heterocycles. The molecule has 2 unspecified atom stereocenters. The number of benzene rings is 1. The van der Waals surface area contributed by atoms with E-state index in [0.29, 0.717) is 19.8 Å². The summed E-state index contributed by atoms with van der Waals surface area (Å²) < 4.78 is 7.15. The molecule has 1 aromatic carbocycles. The van der Waals surface area contributed by atoms with E-state index in [9.17, 15) is 0 Å². The van der Waals surface area contributed by atoms with Crippen molar-refractivity contribution in [2.45, 2.75) is 24.3 Å². The fourth-order valence-electron chi connectivity index (χ4n) is 1.65. The van der Waals surface area contributed by atoms with Crippen molar-refractivity contribution in [3.8, 4) is 0 Å². The topological polar surface area (TPSA) is 9.23 Å². The van der Waals surface area contributed by atoms with E-state index < -0.39 is 0 Å². The van der Waals surface area contributed by atoms with Crippen LogP contribution in [0.3, 0.4) is 0 Å². The van der Waals surface area contributed by atoms with E-state index >= 15 is 0 Å². The number of rotatable bonds is 2. The summed E-state index contributed by atoms with van der Waals surface area (Å²) in [4.78, 5) is 0.670. The standard InChI is InChI=1S/C13H16OSe/c1-10-8-13(9-14-11(10)2)15-12-6-4-3-5-7-12/h3-7,11,13H,1,8-9H2,2H3. The van der Waals surface area contributed by atoms with Crippen molar-refractivity contribution in [2.75, 3.05) is 6.61 Å². The Bertz CT molecular complexity index is 334. The van der Waals surface area contributed by atoms with Crippen molar-refractivity contribution in [1.29, 1.82) is 0 Å². The first-order valence-electron chi connectivity index (χ1n) is 5.26. The predicted molar refractivity (Wildman–Crippen MR) is 64.8 cm³/mol. The summed E-state index contributed by atoms with van der Waals surface area (Å²) in [6.45, 7) is 7.06. The van der Waals surface area contributed by atoms with Gasteiger partial charge in [0.05, 0.1) is 0 Å². The molecule has 0 spiro atoms. The number of hydrogen-bond acceptors (Lipinski definition) is 1. The molecule has 0 bridgehead atoms. The molecule has 0 aliphatic carbocycles. The second-order valence-electron chi connectivity index (χ2n) is 3.89. The summed E-state index contributed by atoms with van der Waals surface area (Å²) in [6.07, 6.45) is 1.39. The van der Waals surface area contributed by atoms with Crippen LogP contribution in [0.15, 0.2) is 42.5 Å². The molecule has 0 amide bonds. The van der Waals surface area contributed by atoms with Gasteiger partial charge in [-0.25, -0.2) is 0 Å². The molecule has 15 heavy (non-hydrogen) atoms. The van der Waals surface area contributed by atoms with Gasteiger partial charge in [0, 0.05) is 0 Å². The van der Waals surface area contributed by atoms with Gasteiger partial charge in [0.25, 0.3) is 0 Å². The monoisotopic (exact) mass is 268 g/mol. The third-order valence-corrected chi connectivity index (χ3v) is 5.12. The van der Waals surface area contributed by atoms with Gasteiger partial charge in [-0.2, -0.15) is 0 Å². The SMILES string of the molecule is C=C1CC([Se]c2ccccc2)COC1C. The van der Waals surface area contributed by atoms with E-state index in [-0.39, 0.29) is 6.10 Å². The Morgan fingerprint density at radius 2 is 2.07 bits per heavy atom. The van der Waals surface area contributed by atoms with Gasteiger partial charge in [0.2, 0.25) is 0 Å². The van der Waals surface area contributed by atoms with Gasteiger partial charge < -0.3 is 0 Å². The third kappa shape index (κ3) is 2.94. The average Bonchev–Trinajstić information content (AvgIpc) is 2.25. The molecule has 2 heteroatoms. The van der Waals surface area contributed by atoms with Crippen LogP contribution in [0, 0.1) is 0 Å². The van der Waals surface area contributed by atoms with Gasteiger partial charge in [-0.1, -0.05) is 0 Å². The van der Waals surface area contributed by atoms with Gasteiger partial charge in [0.15, 0.2) is 0 Å². The second kappa shape index (κ2) is 4.98. The Morgan fingerprint density at radius 3 is 2.73 bits per heavy atom. The molecule has 0 radical (unpaired) electrons. The molecule has 2 rings (SSSR count). The minimum absolute atomic E-state index is 0.257. The quantitative estimate of drug-likeness (QED) is 0.589. The van der Waals surface area contributed by atoms with Crippen LogP contribution in [-0.2, 0) is 4.74 Å². The molecule has 1 saturated heterocycles. The predicted octanol–water partition coefficient (Wildman–Crippen LogP) is 2.17. The first-order valence-corrected chi connectivity index (χ1v) is 7.11. The zero-order chi connectivity index (χ0) is 10.7. The molecule has 1 nitrogen and oxygen atoms in total. The van der Waals surface area contributed by atoms with Gasteiger partial charge >= 0.3 is 97.5 Å². The molecule has 0 N–H and O–H groups in total. The first kappa shape index (κ1) is 10.9. The molecule has 2 atom stereocenters. The van der Waals surface area contributed by atoms with Gasteiger partial charge in [-0.05, 0) is 0 Å². The van der Waals surface area contributed by atoms with Crippen LogP contribution < -0.4 is 4.46 Å². The van der Waals surface area contributed by atoms with Crippen molar-refractivity contribution in [3.63, 3.8) is 0 Å².